The Kier molecular flexibility index (Phi) is 6.70. The van der Waals surface area contributed by atoms with E-state index in [1.54, 1.807) is 0 Å². The summed E-state index contributed by atoms with van der Waals surface area (Å²) in [5.41, 5.74) is 0. The molecule has 2 heteroatoms. The topological polar surface area (TPSA) is 12.0 Å². The maximum absolute atomic E-state index is 3.74. The van der Waals surface area contributed by atoms with Crippen molar-refractivity contribution in [3.63, 3.8) is 0 Å². The fourth-order valence-corrected chi connectivity index (χ4v) is 2.90. The summed E-state index contributed by atoms with van der Waals surface area (Å²) in [5.74, 6) is 2.26. The molecular weight excluding hydrogens is 190 g/mol. The van der Waals surface area contributed by atoms with E-state index < -0.39 is 0 Å². The molecule has 0 saturated heterocycles. The standard InChI is InChI=1S/C12H25NS/c1-3-11-7-4-5-8-12(11)13-9-6-10-14-2/h11-13H,3-10H2,1-2H3. The summed E-state index contributed by atoms with van der Waals surface area (Å²) in [6.45, 7) is 3.56. The van der Waals surface area contributed by atoms with E-state index in [2.05, 4.69) is 18.5 Å². The molecule has 1 aliphatic rings. The second-order valence-electron chi connectivity index (χ2n) is 4.36. The van der Waals surface area contributed by atoms with Crippen LogP contribution in [0.25, 0.3) is 0 Å². The second kappa shape index (κ2) is 7.58. The van der Waals surface area contributed by atoms with Gasteiger partial charge >= 0.3 is 0 Å². The monoisotopic (exact) mass is 215 g/mol. The van der Waals surface area contributed by atoms with E-state index in [0.717, 1.165) is 12.0 Å². The van der Waals surface area contributed by atoms with Crippen LogP contribution in [0.5, 0.6) is 0 Å². The molecule has 2 unspecified atom stereocenters. The lowest BCUT2D eigenvalue weighted by molar-refractivity contribution is 0.256. The summed E-state index contributed by atoms with van der Waals surface area (Å²) in [5, 5.41) is 3.74. The van der Waals surface area contributed by atoms with Gasteiger partial charge in [0.1, 0.15) is 0 Å². The Bertz CT molecular complexity index is 138. The molecule has 0 aromatic rings. The van der Waals surface area contributed by atoms with Gasteiger partial charge in [0.05, 0.1) is 0 Å². The molecule has 84 valence electrons. The first-order valence-corrected chi connectivity index (χ1v) is 7.50. The van der Waals surface area contributed by atoms with Crippen molar-refractivity contribution < 1.29 is 0 Å². The molecule has 1 rings (SSSR count). The van der Waals surface area contributed by atoms with Gasteiger partial charge in [-0.1, -0.05) is 26.2 Å². The molecule has 1 saturated carbocycles. The minimum atomic E-state index is 0.829. The smallest absolute Gasteiger partial charge is 0.00952 e. The fourth-order valence-electron chi connectivity index (χ4n) is 2.47. The SMILES string of the molecule is CCC1CCCCC1NCCCSC. The van der Waals surface area contributed by atoms with E-state index in [1.807, 2.05) is 11.8 Å². The zero-order valence-electron chi connectivity index (χ0n) is 9.72. The van der Waals surface area contributed by atoms with Crippen LogP contribution in [-0.2, 0) is 0 Å². The molecule has 2 atom stereocenters. The van der Waals surface area contributed by atoms with E-state index in [9.17, 15) is 0 Å². The average Bonchev–Trinajstić information content (AvgIpc) is 2.25. The first-order valence-electron chi connectivity index (χ1n) is 6.10. The lowest BCUT2D eigenvalue weighted by Gasteiger charge is -2.31. The predicted molar refractivity (Wildman–Crippen MR) is 67.0 cm³/mol. The second-order valence-corrected chi connectivity index (χ2v) is 5.35. The summed E-state index contributed by atoms with van der Waals surface area (Å²) in [7, 11) is 0. The van der Waals surface area contributed by atoms with Crippen LogP contribution in [0, 0.1) is 5.92 Å². The van der Waals surface area contributed by atoms with Crippen molar-refractivity contribution in [2.45, 2.75) is 51.5 Å². The molecule has 14 heavy (non-hydrogen) atoms. The van der Waals surface area contributed by atoms with E-state index in [-0.39, 0.29) is 0 Å². The van der Waals surface area contributed by atoms with E-state index in [4.69, 9.17) is 0 Å². The minimum Gasteiger partial charge on any atom is -0.314 e. The van der Waals surface area contributed by atoms with Crippen molar-refractivity contribution in [2.24, 2.45) is 5.92 Å². The van der Waals surface area contributed by atoms with Gasteiger partial charge in [0.25, 0.3) is 0 Å². The highest BCUT2D eigenvalue weighted by Gasteiger charge is 2.22. The highest BCUT2D eigenvalue weighted by molar-refractivity contribution is 7.98. The number of thioether (sulfide) groups is 1. The van der Waals surface area contributed by atoms with Crippen LogP contribution in [0.15, 0.2) is 0 Å². The van der Waals surface area contributed by atoms with Gasteiger partial charge in [-0.2, -0.15) is 11.8 Å². The minimum absolute atomic E-state index is 0.829. The molecule has 0 amide bonds. The normalized spacial score (nSPS) is 27.9. The predicted octanol–water partition coefficient (Wildman–Crippen LogP) is 3.30. The Hall–Kier alpha value is 0.310. The molecule has 1 nitrogen and oxygen atoms in total. The molecule has 1 aliphatic carbocycles. The third kappa shape index (κ3) is 4.22. The summed E-state index contributed by atoms with van der Waals surface area (Å²) < 4.78 is 0. The molecule has 1 N–H and O–H groups in total. The van der Waals surface area contributed by atoms with Gasteiger partial charge in [-0.15, -0.1) is 0 Å². The van der Waals surface area contributed by atoms with Crippen LogP contribution < -0.4 is 5.32 Å². The van der Waals surface area contributed by atoms with Gasteiger partial charge in [0.15, 0.2) is 0 Å². The lowest BCUT2D eigenvalue weighted by Crippen LogP contribution is -2.38. The van der Waals surface area contributed by atoms with Crippen LogP contribution in [0.1, 0.15) is 45.4 Å². The van der Waals surface area contributed by atoms with Gasteiger partial charge in [-0.3, -0.25) is 0 Å². The molecule has 0 bridgehead atoms. The third-order valence-electron chi connectivity index (χ3n) is 3.37. The zero-order chi connectivity index (χ0) is 10.2. The van der Waals surface area contributed by atoms with E-state index in [1.165, 1.54) is 50.8 Å². The zero-order valence-corrected chi connectivity index (χ0v) is 10.5. The van der Waals surface area contributed by atoms with Crippen molar-refractivity contribution in [3.8, 4) is 0 Å². The highest BCUT2D eigenvalue weighted by atomic mass is 32.2. The highest BCUT2D eigenvalue weighted by Crippen LogP contribution is 2.26. The third-order valence-corrected chi connectivity index (χ3v) is 4.06. The largest absolute Gasteiger partial charge is 0.314 e. The number of nitrogens with one attached hydrogen (secondary N) is 1. The van der Waals surface area contributed by atoms with Crippen molar-refractivity contribution in [1.82, 2.24) is 5.32 Å². The molecule has 0 aromatic carbocycles. The summed E-state index contributed by atoms with van der Waals surface area (Å²) in [6, 6.07) is 0.829. The van der Waals surface area contributed by atoms with Gasteiger partial charge in [-0.05, 0) is 43.7 Å². The van der Waals surface area contributed by atoms with Crippen molar-refractivity contribution >= 4 is 11.8 Å². The number of rotatable bonds is 6. The van der Waals surface area contributed by atoms with Crippen molar-refractivity contribution in [3.05, 3.63) is 0 Å². The van der Waals surface area contributed by atoms with E-state index in [0.29, 0.717) is 0 Å². The molecule has 0 radical (unpaired) electrons. The van der Waals surface area contributed by atoms with Crippen molar-refractivity contribution in [1.29, 1.82) is 0 Å². The average molecular weight is 215 g/mol. The maximum Gasteiger partial charge on any atom is 0.00952 e. The lowest BCUT2D eigenvalue weighted by atomic mass is 9.83. The Morgan fingerprint density at radius 3 is 2.79 bits per heavy atom. The van der Waals surface area contributed by atoms with Crippen LogP contribution in [-0.4, -0.2) is 24.6 Å². The Labute approximate surface area is 93.4 Å². The molecule has 0 heterocycles. The molecule has 1 fully saturated rings. The summed E-state index contributed by atoms with van der Waals surface area (Å²) in [6.07, 6.45) is 10.6. The Morgan fingerprint density at radius 1 is 1.29 bits per heavy atom. The van der Waals surface area contributed by atoms with Crippen LogP contribution in [0.2, 0.25) is 0 Å². The Balaban J connectivity index is 2.13. The number of hydrogen-bond donors (Lipinski definition) is 1. The first kappa shape index (κ1) is 12.4. The first-order chi connectivity index (χ1) is 6.88. The maximum atomic E-state index is 3.74. The van der Waals surface area contributed by atoms with Crippen molar-refractivity contribution in [2.75, 3.05) is 18.6 Å². The summed E-state index contributed by atoms with van der Waals surface area (Å²) in [4.78, 5) is 0. The fraction of sp³-hybridized carbons (Fsp3) is 1.00. The van der Waals surface area contributed by atoms with Crippen LogP contribution in [0.3, 0.4) is 0 Å². The Morgan fingerprint density at radius 2 is 2.07 bits per heavy atom. The van der Waals surface area contributed by atoms with Crippen LogP contribution in [0.4, 0.5) is 0 Å². The molecular formula is C12H25NS. The van der Waals surface area contributed by atoms with Gasteiger partial charge in [-0.25, -0.2) is 0 Å². The quantitative estimate of drug-likeness (QED) is 0.682. The molecule has 0 aromatic heterocycles. The summed E-state index contributed by atoms with van der Waals surface area (Å²) >= 11 is 1.95. The molecule has 0 spiro atoms. The number of hydrogen-bond acceptors (Lipinski definition) is 2. The molecule has 0 aliphatic heterocycles. The van der Waals surface area contributed by atoms with E-state index >= 15 is 0 Å². The van der Waals surface area contributed by atoms with Gasteiger partial charge in [0.2, 0.25) is 0 Å². The van der Waals surface area contributed by atoms with Gasteiger partial charge < -0.3 is 5.32 Å². The van der Waals surface area contributed by atoms with Crippen LogP contribution >= 0.6 is 11.8 Å². The van der Waals surface area contributed by atoms with Gasteiger partial charge in [0, 0.05) is 6.04 Å².